The predicted octanol–water partition coefficient (Wildman–Crippen LogP) is 3.88. The van der Waals surface area contributed by atoms with Crippen molar-refractivity contribution in [1.82, 2.24) is 14.9 Å². The van der Waals surface area contributed by atoms with Crippen LogP contribution in [0.4, 0.5) is 0 Å². The molecule has 0 aromatic carbocycles. The Morgan fingerprint density at radius 2 is 2.08 bits per heavy atom. The van der Waals surface area contributed by atoms with Gasteiger partial charge in [-0.15, -0.1) is 11.3 Å². The minimum Gasteiger partial charge on any atom is -0.352 e. The fraction of sp³-hybridized carbons (Fsp3) is 0.632. The molecule has 3 rings (SSSR count). The SMILES string of the molecule is CCn1c(SCC(=O)NC2CCCCC2C)nc2sc(C)c(C)c2c1=O. The molecule has 0 bridgehead atoms. The molecule has 2 heterocycles. The summed E-state index contributed by atoms with van der Waals surface area (Å²) in [4.78, 5) is 31.8. The molecule has 0 spiro atoms. The number of nitrogens with zero attached hydrogens (tertiary/aromatic N) is 2. The molecular weight excluding hydrogens is 366 g/mol. The molecule has 0 radical (unpaired) electrons. The Morgan fingerprint density at radius 3 is 2.77 bits per heavy atom. The van der Waals surface area contributed by atoms with E-state index in [0.717, 1.165) is 27.1 Å². The number of rotatable bonds is 5. The molecule has 0 aliphatic heterocycles. The number of amides is 1. The number of hydrogen-bond donors (Lipinski definition) is 1. The van der Waals surface area contributed by atoms with E-state index in [1.54, 1.807) is 15.9 Å². The fourth-order valence-corrected chi connectivity index (χ4v) is 5.55. The van der Waals surface area contributed by atoms with Gasteiger partial charge in [-0.3, -0.25) is 14.2 Å². The highest BCUT2D eigenvalue weighted by atomic mass is 32.2. The molecule has 5 nitrogen and oxygen atoms in total. The second-order valence-electron chi connectivity index (χ2n) is 7.13. The summed E-state index contributed by atoms with van der Waals surface area (Å²) in [5.74, 6) is 0.868. The van der Waals surface area contributed by atoms with E-state index in [2.05, 4.69) is 17.2 Å². The number of thiophene rings is 1. The third kappa shape index (κ3) is 3.83. The molecule has 1 N–H and O–H groups in total. The predicted molar refractivity (Wildman–Crippen MR) is 109 cm³/mol. The molecule has 1 aliphatic rings. The average Bonchev–Trinajstić information content (AvgIpc) is 2.89. The molecule has 2 unspecified atom stereocenters. The Kier molecular flexibility index (Phi) is 6.07. The summed E-state index contributed by atoms with van der Waals surface area (Å²) in [7, 11) is 0. The molecule has 1 amide bonds. The van der Waals surface area contributed by atoms with Gasteiger partial charge in [0.1, 0.15) is 4.83 Å². The van der Waals surface area contributed by atoms with E-state index in [1.807, 2.05) is 20.8 Å². The topological polar surface area (TPSA) is 64.0 Å². The second kappa shape index (κ2) is 8.13. The molecule has 26 heavy (non-hydrogen) atoms. The van der Waals surface area contributed by atoms with Crippen molar-refractivity contribution in [2.45, 2.75) is 71.1 Å². The van der Waals surface area contributed by atoms with Gasteiger partial charge in [-0.2, -0.15) is 0 Å². The molecule has 7 heteroatoms. The van der Waals surface area contributed by atoms with Crippen LogP contribution in [0, 0.1) is 19.8 Å². The van der Waals surface area contributed by atoms with Crippen LogP contribution in [-0.4, -0.2) is 27.3 Å². The van der Waals surface area contributed by atoms with Gasteiger partial charge in [0.05, 0.1) is 11.1 Å². The normalized spacial score (nSPS) is 20.5. The Balaban J connectivity index is 1.76. The summed E-state index contributed by atoms with van der Waals surface area (Å²) in [5.41, 5.74) is 1.02. The van der Waals surface area contributed by atoms with Gasteiger partial charge in [0.25, 0.3) is 5.56 Å². The number of fused-ring (bicyclic) bond motifs is 1. The van der Waals surface area contributed by atoms with Crippen LogP contribution in [0.2, 0.25) is 0 Å². The van der Waals surface area contributed by atoms with E-state index < -0.39 is 0 Å². The van der Waals surface area contributed by atoms with Gasteiger partial charge in [-0.25, -0.2) is 4.98 Å². The Morgan fingerprint density at radius 1 is 1.35 bits per heavy atom. The van der Waals surface area contributed by atoms with Gasteiger partial charge in [0, 0.05) is 17.5 Å². The molecule has 2 atom stereocenters. The Hall–Kier alpha value is -1.34. The van der Waals surface area contributed by atoms with Crippen LogP contribution < -0.4 is 10.9 Å². The molecule has 142 valence electrons. The number of carbonyl (C=O) groups is 1. The lowest BCUT2D eigenvalue weighted by Crippen LogP contribution is -2.41. The number of hydrogen-bond acceptors (Lipinski definition) is 5. The van der Waals surface area contributed by atoms with Crippen LogP contribution in [0.3, 0.4) is 0 Å². The van der Waals surface area contributed by atoms with Gasteiger partial charge in [0.2, 0.25) is 5.91 Å². The summed E-state index contributed by atoms with van der Waals surface area (Å²) < 4.78 is 1.68. The minimum absolute atomic E-state index is 0.00293. The minimum atomic E-state index is 0.00293. The van der Waals surface area contributed by atoms with E-state index in [0.29, 0.717) is 23.4 Å². The van der Waals surface area contributed by atoms with E-state index in [-0.39, 0.29) is 17.5 Å². The van der Waals surface area contributed by atoms with Gasteiger partial charge in [-0.05, 0) is 45.1 Å². The molecule has 1 saturated carbocycles. The summed E-state index contributed by atoms with van der Waals surface area (Å²) in [5, 5.41) is 4.53. The van der Waals surface area contributed by atoms with Crippen LogP contribution in [0.15, 0.2) is 9.95 Å². The van der Waals surface area contributed by atoms with Crippen LogP contribution in [-0.2, 0) is 11.3 Å². The van der Waals surface area contributed by atoms with Crippen molar-refractivity contribution in [3.63, 3.8) is 0 Å². The molecule has 1 aliphatic carbocycles. The first-order valence-corrected chi connectivity index (χ1v) is 11.1. The quantitative estimate of drug-likeness (QED) is 0.618. The monoisotopic (exact) mass is 393 g/mol. The van der Waals surface area contributed by atoms with Gasteiger partial charge >= 0.3 is 0 Å². The van der Waals surface area contributed by atoms with Gasteiger partial charge in [0.15, 0.2) is 5.16 Å². The van der Waals surface area contributed by atoms with Crippen molar-refractivity contribution in [1.29, 1.82) is 0 Å². The van der Waals surface area contributed by atoms with Gasteiger partial charge in [-0.1, -0.05) is 31.5 Å². The molecule has 2 aromatic heterocycles. The van der Waals surface area contributed by atoms with Gasteiger partial charge < -0.3 is 5.32 Å². The largest absolute Gasteiger partial charge is 0.352 e. The number of nitrogens with one attached hydrogen (secondary N) is 1. The van der Waals surface area contributed by atoms with Crippen molar-refractivity contribution in [2.75, 3.05) is 5.75 Å². The molecular formula is C19H27N3O2S2. The lowest BCUT2D eigenvalue weighted by atomic mass is 9.86. The Bertz CT molecular complexity index is 872. The number of carbonyl (C=O) groups excluding carboxylic acids is 1. The van der Waals surface area contributed by atoms with Crippen LogP contribution in [0.25, 0.3) is 10.2 Å². The number of thioether (sulfide) groups is 1. The molecule has 0 saturated heterocycles. The highest BCUT2D eigenvalue weighted by molar-refractivity contribution is 7.99. The first kappa shape index (κ1) is 19.4. The third-order valence-corrected chi connectivity index (χ3v) is 7.44. The van der Waals surface area contributed by atoms with Crippen molar-refractivity contribution in [2.24, 2.45) is 5.92 Å². The highest BCUT2D eigenvalue weighted by Gasteiger charge is 2.23. The standard InChI is InChI=1S/C19H27N3O2S2/c1-5-22-18(24)16-12(3)13(4)26-17(16)21-19(22)25-10-15(23)20-14-9-7-6-8-11(14)2/h11,14H,5-10H2,1-4H3,(H,20,23). The summed E-state index contributed by atoms with van der Waals surface area (Å²) >= 11 is 2.91. The maximum absolute atomic E-state index is 12.8. The summed E-state index contributed by atoms with van der Waals surface area (Å²) in [6.07, 6.45) is 4.69. The van der Waals surface area contributed by atoms with Crippen molar-refractivity contribution in [3.8, 4) is 0 Å². The zero-order valence-corrected chi connectivity index (χ0v) is 17.6. The fourth-order valence-electron chi connectivity index (χ4n) is 3.61. The lowest BCUT2D eigenvalue weighted by molar-refractivity contribution is -0.119. The van der Waals surface area contributed by atoms with Crippen molar-refractivity contribution >= 4 is 39.2 Å². The highest BCUT2D eigenvalue weighted by Crippen LogP contribution is 2.28. The average molecular weight is 394 g/mol. The third-order valence-electron chi connectivity index (χ3n) is 5.36. The van der Waals surface area contributed by atoms with Crippen LogP contribution in [0.5, 0.6) is 0 Å². The maximum atomic E-state index is 12.8. The summed E-state index contributed by atoms with van der Waals surface area (Å²) in [6, 6.07) is 0.281. The van der Waals surface area contributed by atoms with E-state index in [1.165, 1.54) is 31.0 Å². The first-order valence-electron chi connectivity index (χ1n) is 9.35. The van der Waals surface area contributed by atoms with Crippen LogP contribution >= 0.6 is 23.1 Å². The number of aryl methyl sites for hydroxylation is 2. The molecule has 2 aromatic rings. The number of aromatic nitrogens is 2. The lowest BCUT2D eigenvalue weighted by Gasteiger charge is -2.29. The zero-order valence-electron chi connectivity index (χ0n) is 15.9. The molecule has 1 fully saturated rings. The van der Waals surface area contributed by atoms with Crippen molar-refractivity contribution in [3.05, 3.63) is 20.8 Å². The smallest absolute Gasteiger partial charge is 0.263 e. The Labute approximate surface area is 162 Å². The van der Waals surface area contributed by atoms with E-state index >= 15 is 0 Å². The zero-order chi connectivity index (χ0) is 18.8. The van der Waals surface area contributed by atoms with E-state index in [4.69, 9.17) is 0 Å². The first-order chi connectivity index (χ1) is 12.4. The van der Waals surface area contributed by atoms with Crippen LogP contribution in [0.1, 0.15) is 50.0 Å². The maximum Gasteiger partial charge on any atom is 0.263 e. The van der Waals surface area contributed by atoms with E-state index in [9.17, 15) is 9.59 Å². The van der Waals surface area contributed by atoms with Crippen molar-refractivity contribution < 1.29 is 4.79 Å². The second-order valence-corrected chi connectivity index (χ2v) is 9.28. The summed E-state index contributed by atoms with van der Waals surface area (Å²) in [6.45, 7) is 8.70.